The highest BCUT2D eigenvalue weighted by Gasteiger charge is 2.33. The number of benzene rings is 1. The van der Waals surface area contributed by atoms with Crippen molar-refractivity contribution in [3.8, 4) is 5.75 Å². The molecule has 1 saturated heterocycles. The Bertz CT molecular complexity index is 793. The summed E-state index contributed by atoms with van der Waals surface area (Å²) in [5, 5.41) is 0. The fourth-order valence-corrected chi connectivity index (χ4v) is 3.61. The van der Waals surface area contributed by atoms with E-state index in [0.29, 0.717) is 37.9 Å². The number of fused-ring (bicyclic) bond motifs is 1. The second kappa shape index (κ2) is 6.76. The number of para-hydroxylation sites is 1. The van der Waals surface area contributed by atoms with E-state index in [4.69, 9.17) is 13.9 Å². The van der Waals surface area contributed by atoms with Crippen LogP contribution in [0.1, 0.15) is 54.5 Å². The molecule has 0 bridgehead atoms. The van der Waals surface area contributed by atoms with Gasteiger partial charge in [0.25, 0.3) is 5.91 Å². The molecule has 2 aliphatic rings. The van der Waals surface area contributed by atoms with Crippen LogP contribution in [0.3, 0.4) is 0 Å². The number of hydrogen-bond acceptors (Lipinski definition) is 5. The molecule has 2 aliphatic heterocycles. The average molecular weight is 356 g/mol. The Kier molecular flexibility index (Phi) is 4.44. The summed E-state index contributed by atoms with van der Waals surface area (Å²) < 4.78 is 17.1. The van der Waals surface area contributed by atoms with E-state index in [1.54, 1.807) is 4.90 Å². The molecular formula is C20H24N2O4. The van der Waals surface area contributed by atoms with Crippen molar-refractivity contribution in [3.05, 3.63) is 47.7 Å². The second-order valence-corrected chi connectivity index (χ2v) is 7.59. The number of rotatable bonds is 2. The summed E-state index contributed by atoms with van der Waals surface area (Å²) in [5.41, 5.74) is 0.886. The normalized spacial score (nSPS) is 20.2. The summed E-state index contributed by atoms with van der Waals surface area (Å²) in [6, 6.07) is 7.85. The van der Waals surface area contributed by atoms with Crippen molar-refractivity contribution >= 4 is 5.91 Å². The van der Waals surface area contributed by atoms with Crippen LogP contribution >= 0.6 is 0 Å². The van der Waals surface area contributed by atoms with Crippen LogP contribution < -0.4 is 4.74 Å². The molecule has 3 heterocycles. The SMILES string of the molecule is CC1(C)CN(C(=O)c2coc(C3CCOCC3)n2)Cc2ccccc2O1. The van der Waals surface area contributed by atoms with Gasteiger partial charge in [0.15, 0.2) is 11.6 Å². The van der Waals surface area contributed by atoms with Gasteiger partial charge in [-0.3, -0.25) is 4.79 Å². The molecule has 0 aliphatic carbocycles. The lowest BCUT2D eigenvalue weighted by Gasteiger charge is -2.29. The first-order valence-corrected chi connectivity index (χ1v) is 9.11. The molecule has 0 N–H and O–H groups in total. The van der Waals surface area contributed by atoms with E-state index in [9.17, 15) is 4.79 Å². The van der Waals surface area contributed by atoms with Gasteiger partial charge in [-0.2, -0.15) is 0 Å². The Hall–Kier alpha value is -2.34. The third-order valence-electron chi connectivity index (χ3n) is 4.89. The Balaban J connectivity index is 1.56. The van der Waals surface area contributed by atoms with Crippen molar-refractivity contribution in [2.45, 2.75) is 44.8 Å². The van der Waals surface area contributed by atoms with E-state index in [1.807, 2.05) is 38.1 Å². The van der Waals surface area contributed by atoms with Gasteiger partial charge in [0.05, 0.1) is 6.54 Å². The highest BCUT2D eigenvalue weighted by atomic mass is 16.5. The minimum Gasteiger partial charge on any atom is -0.486 e. The average Bonchev–Trinajstić information content (AvgIpc) is 3.07. The van der Waals surface area contributed by atoms with Crippen molar-refractivity contribution in [1.82, 2.24) is 9.88 Å². The van der Waals surface area contributed by atoms with Crippen molar-refractivity contribution in [2.75, 3.05) is 19.8 Å². The third kappa shape index (κ3) is 3.46. The van der Waals surface area contributed by atoms with E-state index >= 15 is 0 Å². The van der Waals surface area contributed by atoms with Crippen LogP contribution in [0.15, 0.2) is 34.9 Å². The van der Waals surface area contributed by atoms with E-state index < -0.39 is 5.60 Å². The Labute approximate surface area is 153 Å². The maximum atomic E-state index is 13.1. The lowest BCUT2D eigenvalue weighted by Crippen LogP contribution is -2.43. The zero-order chi connectivity index (χ0) is 18.1. The van der Waals surface area contributed by atoms with E-state index in [-0.39, 0.29) is 11.8 Å². The largest absolute Gasteiger partial charge is 0.486 e. The van der Waals surface area contributed by atoms with Gasteiger partial charge in [-0.05, 0) is 32.8 Å². The lowest BCUT2D eigenvalue weighted by molar-refractivity contribution is 0.0496. The second-order valence-electron chi connectivity index (χ2n) is 7.59. The number of aromatic nitrogens is 1. The van der Waals surface area contributed by atoms with Gasteiger partial charge in [-0.1, -0.05) is 18.2 Å². The predicted molar refractivity (Wildman–Crippen MR) is 95.2 cm³/mol. The molecule has 1 amide bonds. The molecule has 1 fully saturated rings. The summed E-state index contributed by atoms with van der Waals surface area (Å²) in [6.45, 7) is 6.39. The molecule has 1 aromatic heterocycles. The third-order valence-corrected chi connectivity index (χ3v) is 4.89. The number of ether oxygens (including phenoxy) is 2. The first kappa shape index (κ1) is 17.1. The molecule has 0 spiro atoms. The van der Waals surface area contributed by atoms with Gasteiger partial charge in [-0.25, -0.2) is 4.98 Å². The molecule has 0 radical (unpaired) electrons. The van der Waals surface area contributed by atoms with Gasteiger partial charge < -0.3 is 18.8 Å². The minimum absolute atomic E-state index is 0.125. The molecule has 4 rings (SSSR count). The smallest absolute Gasteiger partial charge is 0.276 e. The quantitative estimate of drug-likeness (QED) is 0.825. The number of amides is 1. The standard InChI is InChI=1S/C20H24N2O4/c1-20(2)13-22(11-15-5-3-4-6-17(15)26-20)19(23)16-12-25-18(21-16)14-7-9-24-10-8-14/h3-6,12,14H,7-11,13H2,1-2H3. The molecule has 2 aromatic rings. The van der Waals surface area contributed by atoms with E-state index in [1.165, 1.54) is 6.26 Å². The van der Waals surface area contributed by atoms with Crippen LogP contribution in [0.2, 0.25) is 0 Å². The zero-order valence-electron chi connectivity index (χ0n) is 15.2. The van der Waals surface area contributed by atoms with Crippen molar-refractivity contribution in [3.63, 3.8) is 0 Å². The highest BCUT2D eigenvalue weighted by Crippen LogP contribution is 2.30. The molecule has 0 atom stereocenters. The van der Waals surface area contributed by atoms with Gasteiger partial charge in [-0.15, -0.1) is 0 Å². The van der Waals surface area contributed by atoms with Gasteiger partial charge in [0.2, 0.25) is 0 Å². The van der Waals surface area contributed by atoms with Crippen LogP contribution in [0.5, 0.6) is 5.75 Å². The van der Waals surface area contributed by atoms with Crippen molar-refractivity contribution in [1.29, 1.82) is 0 Å². The van der Waals surface area contributed by atoms with Crippen LogP contribution in [0, 0.1) is 0 Å². The maximum absolute atomic E-state index is 13.1. The van der Waals surface area contributed by atoms with E-state index in [2.05, 4.69) is 4.98 Å². The van der Waals surface area contributed by atoms with Crippen molar-refractivity contribution in [2.24, 2.45) is 0 Å². The van der Waals surface area contributed by atoms with Gasteiger partial charge in [0, 0.05) is 31.2 Å². The van der Waals surface area contributed by atoms with Crippen LogP contribution in [-0.4, -0.2) is 41.2 Å². The van der Waals surface area contributed by atoms with Crippen LogP contribution in [0.25, 0.3) is 0 Å². The Morgan fingerprint density at radius 3 is 2.81 bits per heavy atom. The highest BCUT2D eigenvalue weighted by molar-refractivity contribution is 5.92. The summed E-state index contributed by atoms with van der Waals surface area (Å²) >= 11 is 0. The number of carbonyl (C=O) groups excluding carboxylic acids is 1. The molecular weight excluding hydrogens is 332 g/mol. The predicted octanol–water partition coefficient (Wildman–Crippen LogP) is 3.38. The monoisotopic (exact) mass is 356 g/mol. The molecule has 6 heteroatoms. The number of oxazole rings is 1. The molecule has 138 valence electrons. The fourth-order valence-electron chi connectivity index (χ4n) is 3.61. The molecule has 6 nitrogen and oxygen atoms in total. The first-order chi connectivity index (χ1) is 12.5. The molecule has 1 aromatic carbocycles. The van der Waals surface area contributed by atoms with Crippen molar-refractivity contribution < 1.29 is 18.7 Å². The minimum atomic E-state index is -0.477. The summed E-state index contributed by atoms with van der Waals surface area (Å²) in [4.78, 5) is 19.3. The topological polar surface area (TPSA) is 64.8 Å². The number of hydrogen-bond donors (Lipinski definition) is 0. The lowest BCUT2D eigenvalue weighted by atomic mass is 10.0. The molecule has 0 saturated carbocycles. The Morgan fingerprint density at radius 1 is 1.23 bits per heavy atom. The Morgan fingerprint density at radius 2 is 2.00 bits per heavy atom. The summed E-state index contributed by atoms with van der Waals surface area (Å²) in [6.07, 6.45) is 3.25. The van der Waals surface area contributed by atoms with Crippen LogP contribution in [0.4, 0.5) is 0 Å². The zero-order valence-corrected chi connectivity index (χ0v) is 15.2. The summed E-state index contributed by atoms with van der Waals surface area (Å²) in [5.74, 6) is 1.58. The molecule has 26 heavy (non-hydrogen) atoms. The number of carbonyl (C=O) groups is 1. The fraction of sp³-hybridized carbons (Fsp3) is 0.500. The van der Waals surface area contributed by atoms with Gasteiger partial charge in [0.1, 0.15) is 17.6 Å². The van der Waals surface area contributed by atoms with Gasteiger partial charge >= 0.3 is 0 Å². The maximum Gasteiger partial charge on any atom is 0.276 e. The number of nitrogens with zero attached hydrogens (tertiary/aromatic N) is 2. The van der Waals surface area contributed by atoms with Crippen LogP contribution in [-0.2, 0) is 11.3 Å². The van der Waals surface area contributed by atoms with E-state index in [0.717, 1.165) is 24.2 Å². The summed E-state index contributed by atoms with van der Waals surface area (Å²) in [7, 11) is 0. The first-order valence-electron chi connectivity index (χ1n) is 9.11. The molecule has 0 unspecified atom stereocenters.